The second-order valence-corrected chi connectivity index (χ2v) is 5.76. The highest BCUT2D eigenvalue weighted by Gasteiger charge is 2.06. The lowest BCUT2D eigenvalue weighted by Crippen LogP contribution is -2.37. The molecule has 0 atom stereocenters. The summed E-state index contributed by atoms with van der Waals surface area (Å²) < 4.78 is 2.18. The summed E-state index contributed by atoms with van der Waals surface area (Å²) in [5, 5.41) is 6.58. The highest BCUT2D eigenvalue weighted by atomic mass is 127. The second kappa shape index (κ2) is 11.0. The van der Waals surface area contributed by atoms with E-state index >= 15 is 0 Å². The standard InChI is InChI=1S/C17H26N6.HI/c1-4-18-17(21-11-15-7-5-6-8-19-15)22-12-16-20-9-10-23(16)13-14(2)3;/h5-10,14H,4,11-13H2,1-3H3,(H2,18,21,22);1H. The third-order valence-corrected chi connectivity index (χ3v) is 3.25. The van der Waals surface area contributed by atoms with Crippen molar-refractivity contribution in [2.75, 3.05) is 6.54 Å². The summed E-state index contributed by atoms with van der Waals surface area (Å²) in [6.45, 7) is 9.44. The van der Waals surface area contributed by atoms with Gasteiger partial charge in [0.05, 0.1) is 18.8 Å². The molecular formula is C17H27IN6. The smallest absolute Gasteiger partial charge is 0.192 e. The maximum absolute atomic E-state index is 4.57. The molecule has 0 aromatic carbocycles. The van der Waals surface area contributed by atoms with E-state index in [2.05, 4.69) is 50.9 Å². The zero-order valence-electron chi connectivity index (χ0n) is 14.6. The van der Waals surface area contributed by atoms with Gasteiger partial charge < -0.3 is 15.2 Å². The van der Waals surface area contributed by atoms with Gasteiger partial charge in [0.15, 0.2) is 5.96 Å². The summed E-state index contributed by atoms with van der Waals surface area (Å²) in [5.41, 5.74) is 0.950. The topological polar surface area (TPSA) is 67.1 Å². The number of pyridine rings is 1. The van der Waals surface area contributed by atoms with E-state index in [1.54, 1.807) is 6.20 Å². The van der Waals surface area contributed by atoms with Gasteiger partial charge in [0, 0.05) is 31.7 Å². The van der Waals surface area contributed by atoms with E-state index in [4.69, 9.17) is 0 Å². The molecule has 0 saturated heterocycles. The van der Waals surface area contributed by atoms with E-state index in [-0.39, 0.29) is 24.0 Å². The monoisotopic (exact) mass is 442 g/mol. The maximum atomic E-state index is 4.57. The largest absolute Gasteiger partial charge is 0.357 e. The van der Waals surface area contributed by atoms with Crippen LogP contribution in [0.2, 0.25) is 0 Å². The fourth-order valence-electron chi connectivity index (χ4n) is 2.22. The Morgan fingerprint density at radius 3 is 2.71 bits per heavy atom. The fourth-order valence-corrected chi connectivity index (χ4v) is 2.22. The van der Waals surface area contributed by atoms with E-state index in [0.29, 0.717) is 19.0 Å². The van der Waals surface area contributed by atoms with Crippen LogP contribution in [0.4, 0.5) is 0 Å². The minimum absolute atomic E-state index is 0. The summed E-state index contributed by atoms with van der Waals surface area (Å²) in [7, 11) is 0. The van der Waals surface area contributed by atoms with E-state index < -0.39 is 0 Å². The maximum Gasteiger partial charge on any atom is 0.192 e. The van der Waals surface area contributed by atoms with Crippen LogP contribution >= 0.6 is 24.0 Å². The molecule has 2 rings (SSSR count). The molecule has 0 unspecified atom stereocenters. The van der Waals surface area contributed by atoms with Crippen molar-refractivity contribution in [2.45, 2.75) is 40.4 Å². The first-order chi connectivity index (χ1) is 11.2. The van der Waals surface area contributed by atoms with Crippen molar-refractivity contribution in [1.29, 1.82) is 0 Å². The summed E-state index contributed by atoms with van der Waals surface area (Å²) in [5.74, 6) is 2.38. The van der Waals surface area contributed by atoms with Gasteiger partial charge >= 0.3 is 0 Å². The van der Waals surface area contributed by atoms with Gasteiger partial charge in [0.2, 0.25) is 0 Å². The van der Waals surface area contributed by atoms with Crippen molar-refractivity contribution >= 4 is 29.9 Å². The van der Waals surface area contributed by atoms with Crippen LogP contribution in [0.3, 0.4) is 0 Å². The Bertz CT molecular complexity index is 609. The van der Waals surface area contributed by atoms with Gasteiger partial charge in [-0.25, -0.2) is 9.98 Å². The Kier molecular flexibility index (Phi) is 9.36. The minimum atomic E-state index is 0. The highest BCUT2D eigenvalue weighted by molar-refractivity contribution is 14.0. The Morgan fingerprint density at radius 2 is 2.04 bits per heavy atom. The number of nitrogens with one attached hydrogen (secondary N) is 2. The molecule has 24 heavy (non-hydrogen) atoms. The van der Waals surface area contributed by atoms with Crippen LogP contribution in [0.25, 0.3) is 0 Å². The summed E-state index contributed by atoms with van der Waals surface area (Å²) in [6, 6.07) is 5.86. The van der Waals surface area contributed by atoms with Gasteiger partial charge in [0.25, 0.3) is 0 Å². The Labute approximate surface area is 161 Å². The number of halogens is 1. The molecule has 7 heteroatoms. The average Bonchev–Trinajstić information content (AvgIpc) is 2.97. The average molecular weight is 442 g/mol. The summed E-state index contributed by atoms with van der Waals surface area (Å²) in [6.07, 6.45) is 5.65. The molecule has 0 aliphatic carbocycles. The lowest BCUT2D eigenvalue weighted by atomic mass is 10.2. The number of hydrogen-bond donors (Lipinski definition) is 2. The third-order valence-electron chi connectivity index (χ3n) is 3.25. The first-order valence-electron chi connectivity index (χ1n) is 8.11. The molecule has 0 amide bonds. The van der Waals surface area contributed by atoms with Gasteiger partial charge in [-0.05, 0) is 25.0 Å². The van der Waals surface area contributed by atoms with Crippen LogP contribution in [0.1, 0.15) is 32.3 Å². The minimum Gasteiger partial charge on any atom is -0.357 e. The molecule has 0 bridgehead atoms. The second-order valence-electron chi connectivity index (χ2n) is 5.76. The Morgan fingerprint density at radius 1 is 1.21 bits per heavy atom. The van der Waals surface area contributed by atoms with Crippen LogP contribution in [0.5, 0.6) is 0 Å². The molecule has 0 radical (unpaired) electrons. The number of imidazole rings is 1. The lowest BCUT2D eigenvalue weighted by molar-refractivity contribution is 0.503. The molecule has 2 aromatic heterocycles. The van der Waals surface area contributed by atoms with Crippen molar-refractivity contribution in [1.82, 2.24) is 25.2 Å². The highest BCUT2D eigenvalue weighted by Crippen LogP contribution is 2.03. The molecule has 6 nitrogen and oxygen atoms in total. The molecule has 0 saturated carbocycles. The molecule has 2 heterocycles. The zero-order valence-corrected chi connectivity index (χ0v) is 16.9. The number of aliphatic imine (C=N–C) groups is 1. The quantitative estimate of drug-likeness (QED) is 0.393. The van der Waals surface area contributed by atoms with Crippen LogP contribution < -0.4 is 10.6 Å². The molecule has 132 valence electrons. The van der Waals surface area contributed by atoms with Gasteiger partial charge in [-0.2, -0.15) is 0 Å². The van der Waals surface area contributed by atoms with E-state index in [9.17, 15) is 0 Å². The van der Waals surface area contributed by atoms with Crippen molar-refractivity contribution in [3.8, 4) is 0 Å². The molecule has 0 aliphatic heterocycles. The van der Waals surface area contributed by atoms with Gasteiger partial charge in [-0.1, -0.05) is 19.9 Å². The van der Waals surface area contributed by atoms with Gasteiger partial charge in [-0.3, -0.25) is 4.98 Å². The molecule has 0 aliphatic rings. The van der Waals surface area contributed by atoms with Crippen molar-refractivity contribution in [3.63, 3.8) is 0 Å². The van der Waals surface area contributed by atoms with Gasteiger partial charge in [0.1, 0.15) is 5.82 Å². The first-order valence-corrected chi connectivity index (χ1v) is 8.11. The van der Waals surface area contributed by atoms with Crippen molar-refractivity contribution < 1.29 is 0 Å². The Balaban J connectivity index is 0.00000288. The van der Waals surface area contributed by atoms with Crippen molar-refractivity contribution in [2.24, 2.45) is 10.9 Å². The summed E-state index contributed by atoms with van der Waals surface area (Å²) >= 11 is 0. The molecular weight excluding hydrogens is 415 g/mol. The SMILES string of the molecule is CCNC(=NCc1ccccn1)NCc1nccn1CC(C)C.I. The fraction of sp³-hybridized carbons (Fsp3) is 0.471. The molecule has 0 fully saturated rings. The zero-order chi connectivity index (χ0) is 16.5. The predicted octanol–water partition coefficient (Wildman–Crippen LogP) is 2.81. The number of guanidine groups is 1. The van der Waals surface area contributed by atoms with Crippen LogP contribution in [0, 0.1) is 5.92 Å². The number of hydrogen-bond acceptors (Lipinski definition) is 3. The molecule has 2 aromatic rings. The molecule has 2 N–H and O–H groups in total. The normalized spacial score (nSPS) is 11.2. The lowest BCUT2D eigenvalue weighted by Gasteiger charge is -2.13. The first kappa shape index (κ1) is 20.4. The van der Waals surface area contributed by atoms with Gasteiger partial charge in [-0.15, -0.1) is 24.0 Å². The molecule has 0 spiro atoms. The van der Waals surface area contributed by atoms with E-state index in [0.717, 1.165) is 30.6 Å². The number of nitrogens with zero attached hydrogens (tertiary/aromatic N) is 4. The predicted molar refractivity (Wildman–Crippen MR) is 108 cm³/mol. The van der Waals surface area contributed by atoms with Crippen molar-refractivity contribution in [3.05, 3.63) is 48.3 Å². The summed E-state index contributed by atoms with van der Waals surface area (Å²) in [4.78, 5) is 13.3. The van der Waals surface area contributed by atoms with Crippen LogP contribution in [0.15, 0.2) is 41.8 Å². The third kappa shape index (κ3) is 6.86. The number of aromatic nitrogens is 3. The van der Waals surface area contributed by atoms with E-state index in [1.807, 2.05) is 30.6 Å². The van der Waals surface area contributed by atoms with E-state index in [1.165, 1.54) is 0 Å². The van der Waals surface area contributed by atoms with Crippen LogP contribution in [-0.2, 0) is 19.6 Å². The Hall–Kier alpha value is -1.64. The number of rotatable bonds is 7. The van der Waals surface area contributed by atoms with Crippen LogP contribution in [-0.4, -0.2) is 27.0 Å².